The lowest BCUT2D eigenvalue weighted by molar-refractivity contribution is -0.0561. The molecule has 4 nitrogen and oxygen atoms in total. The molecule has 9 heteroatoms. The average molecular weight is 387 g/mol. The highest BCUT2D eigenvalue weighted by atomic mass is 19.3. The smallest absolute Gasteiger partial charge is 0.399 e. The fraction of sp³-hybridized carbons (Fsp3) is 0.611. The number of likely N-dealkylation sites (tertiary alicyclic amines) is 1. The zero-order valence-corrected chi connectivity index (χ0v) is 15.7. The number of piperidine rings is 1. The van der Waals surface area contributed by atoms with E-state index in [0.717, 1.165) is 11.0 Å². The summed E-state index contributed by atoms with van der Waals surface area (Å²) in [6.07, 6.45) is -0.219. The fourth-order valence-electron chi connectivity index (χ4n) is 3.19. The summed E-state index contributed by atoms with van der Waals surface area (Å²) in [6, 6.07) is 2.30. The van der Waals surface area contributed by atoms with E-state index in [2.05, 4.69) is 0 Å². The average Bonchev–Trinajstić information content (AvgIpc) is 2.76. The van der Waals surface area contributed by atoms with Crippen LogP contribution in [-0.4, -0.2) is 48.1 Å². The van der Waals surface area contributed by atoms with Gasteiger partial charge in [-0.05, 0) is 40.2 Å². The number of carbonyl (C=O) groups excluding carboxylic acids is 1. The monoisotopic (exact) mass is 387 g/mol. The Hall–Kier alpha value is -1.61. The van der Waals surface area contributed by atoms with Gasteiger partial charge in [0.15, 0.2) is 11.6 Å². The van der Waals surface area contributed by atoms with Gasteiger partial charge in [-0.25, -0.2) is 17.6 Å². The molecular formula is C18H22BF4NO3. The van der Waals surface area contributed by atoms with Gasteiger partial charge < -0.3 is 14.2 Å². The molecule has 0 bridgehead atoms. The van der Waals surface area contributed by atoms with Crippen molar-refractivity contribution in [2.24, 2.45) is 0 Å². The largest absolute Gasteiger partial charge is 0.497 e. The number of benzene rings is 1. The van der Waals surface area contributed by atoms with E-state index in [9.17, 15) is 22.4 Å². The molecule has 2 saturated heterocycles. The van der Waals surface area contributed by atoms with Crippen LogP contribution < -0.4 is 5.46 Å². The lowest BCUT2D eigenvalue weighted by atomic mass is 9.78. The highest BCUT2D eigenvalue weighted by Gasteiger charge is 2.52. The summed E-state index contributed by atoms with van der Waals surface area (Å²) >= 11 is 0. The van der Waals surface area contributed by atoms with E-state index in [1.165, 1.54) is 6.07 Å². The molecule has 0 radical (unpaired) electrons. The summed E-state index contributed by atoms with van der Waals surface area (Å²) in [5.74, 6) is -6.64. The Morgan fingerprint density at radius 3 is 2.22 bits per heavy atom. The van der Waals surface area contributed by atoms with E-state index in [4.69, 9.17) is 9.31 Å². The Labute approximate surface area is 156 Å². The quantitative estimate of drug-likeness (QED) is 0.578. The number of alkyl halides is 2. The summed E-state index contributed by atoms with van der Waals surface area (Å²) in [5.41, 5.74) is -2.24. The van der Waals surface area contributed by atoms with Crippen LogP contribution in [0.5, 0.6) is 0 Å². The normalized spacial score (nSPS) is 23.6. The Balaban J connectivity index is 1.87. The summed E-state index contributed by atoms with van der Waals surface area (Å²) in [5, 5.41) is 0. The molecule has 1 aromatic carbocycles. The zero-order valence-electron chi connectivity index (χ0n) is 15.7. The van der Waals surface area contributed by atoms with Crippen LogP contribution in [0.1, 0.15) is 50.9 Å². The molecule has 0 aromatic heterocycles. The molecule has 0 atom stereocenters. The molecule has 1 amide bonds. The first kappa shape index (κ1) is 20.1. The van der Waals surface area contributed by atoms with Gasteiger partial charge in [0.05, 0.1) is 23.3 Å². The van der Waals surface area contributed by atoms with Crippen LogP contribution in [0.15, 0.2) is 12.1 Å². The Bertz CT molecular complexity index is 753. The van der Waals surface area contributed by atoms with Crippen LogP contribution in [0, 0.1) is 11.6 Å². The fourth-order valence-corrected chi connectivity index (χ4v) is 3.19. The topological polar surface area (TPSA) is 38.8 Å². The van der Waals surface area contributed by atoms with Crippen LogP contribution in [0.2, 0.25) is 0 Å². The number of nitrogens with zero attached hydrogens (tertiary/aromatic N) is 1. The first-order valence-corrected chi connectivity index (χ1v) is 8.85. The van der Waals surface area contributed by atoms with Gasteiger partial charge in [0.2, 0.25) is 0 Å². The molecule has 0 N–H and O–H groups in total. The number of rotatable bonds is 2. The predicted molar refractivity (Wildman–Crippen MR) is 92.2 cm³/mol. The van der Waals surface area contributed by atoms with Crippen molar-refractivity contribution in [1.29, 1.82) is 0 Å². The van der Waals surface area contributed by atoms with Crippen LogP contribution in [0.3, 0.4) is 0 Å². The van der Waals surface area contributed by atoms with Crippen molar-refractivity contribution in [2.75, 3.05) is 13.1 Å². The number of hydrogen-bond acceptors (Lipinski definition) is 3. The predicted octanol–water partition coefficient (Wildman–Crippen LogP) is 3.14. The molecule has 2 heterocycles. The van der Waals surface area contributed by atoms with Crippen molar-refractivity contribution in [3.8, 4) is 0 Å². The van der Waals surface area contributed by atoms with Gasteiger partial charge >= 0.3 is 7.12 Å². The Kier molecular flexibility index (Phi) is 4.83. The van der Waals surface area contributed by atoms with Crippen molar-refractivity contribution in [2.45, 2.75) is 57.7 Å². The highest BCUT2D eigenvalue weighted by molar-refractivity contribution is 6.62. The minimum absolute atomic E-state index is 0.0778. The second kappa shape index (κ2) is 6.48. The third kappa shape index (κ3) is 3.59. The van der Waals surface area contributed by atoms with E-state index in [1.807, 2.05) is 0 Å². The van der Waals surface area contributed by atoms with Crippen LogP contribution >= 0.6 is 0 Å². The molecule has 2 aliphatic rings. The maximum Gasteiger partial charge on any atom is 0.497 e. The zero-order chi connectivity index (χ0) is 20.2. The van der Waals surface area contributed by atoms with Gasteiger partial charge in [0.1, 0.15) is 0 Å². The van der Waals surface area contributed by atoms with E-state index < -0.39 is 53.9 Å². The maximum atomic E-state index is 14.6. The highest BCUT2D eigenvalue weighted by Crippen LogP contribution is 2.37. The van der Waals surface area contributed by atoms with Crippen molar-refractivity contribution < 1.29 is 31.7 Å². The van der Waals surface area contributed by atoms with Gasteiger partial charge in [-0.2, -0.15) is 0 Å². The molecule has 0 spiro atoms. The Morgan fingerprint density at radius 2 is 1.67 bits per heavy atom. The molecule has 148 valence electrons. The molecule has 0 unspecified atom stereocenters. The molecule has 27 heavy (non-hydrogen) atoms. The van der Waals surface area contributed by atoms with Gasteiger partial charge in [-0.3, -0.25) is 4.79 Å². The lowest BCUT2D eigenvalue weighted by Crippen LogP contribution is -2.46. The van der Waals surface area contributed by atoms with E-state index in [0.29, 0.717) is 0 Å². The van der Waals surface area contributed by atoms with Crippen molar-refractivity contribution in [1.82, 2.24) is 4.90 Å². The summed E-state index contributed by atoms with van der Waals surface area (Å²) in [6.45, 7) is 6.37. The van der Waals surface area contributed by atoms with Gasteiger partial charge in [0, 0.05) is 18.4 Å². The SMILES string of the molecule is CC1(C)OB(c2ccc(C(=O)N3CCCC(F)(F)C3)c(F)c2F)OC1(C)C. The molecule has 2 aliphatic heterocycles. The third-order valence-electron chi connectivity index (χ3n) is 5.53. The van der Waals surface area contributed by atoms with E-state index >= 15 is 0 Å². The van der Waals surface area contributed by atoms with Crippen LogP contribution in [0.25, 0.3) is 0 Å². The summed E-state index contributed by atoms with van der Waals surface area (Å²) in [7, 11) is -1.13. The molecule has 2 fully saturated rings. The van der Waals surface area contributed by atoms with Crippen molar-refractivity contribution in [3.63, 3.8) is 0 Å². The van der Waals surface area contributed by atoms with Crippen LogP contribution in [-0.2, 0) is 9.31 Å². The first-order chi connectivity index (χ1) is 12.3. The molecular weight excluding hydrogens is 365 g/mol. The standard InChI is InChI=1S/C18H22BF4NO3/c1-16(2)17(3,4)27-19(26-16)12-7-6-11(13(20)14(12)21)15(25)24-9-5-8-18(22,23)10-24/h6-7H,5,8-10H2,1-4H3. The van der Waals surface area contributed by atoms with Gasteiger partial charge in [-0.15, -0.1) is 0 Å². The summed E-state index contributed by atoms with van der Waals surface area (Å²) in [4.78, 5) is 13.3. The van der Waals surface area contributed by atoms with Gasteiger partial charge in [0.25, 0.3) is 11.8 Å². The third-order valence-corrected chi connectivity index (χ3v) is 5.53. The number of amides is 1. The minimum Gasteiger partial charge on any atom is -0.399 e. The van der Waals surface area contributed by atoms with Crippen molar-refractivity contribution in [3.05, 3.63) is 29.3 Å². The van der Waals surface area contributed by atoms with E-state index in [-0.39, 0.29) is 24.8 Å². The number of halogens is 4. The molecule has 0 saturated carbocycles. The summed E-state index contributed by atoms with van der Waals surface area (Å²) < 4.78 is 67.7. The Morgan fingerprint density at radius 1 is 1.07 bits per heavy atom. The molecule has 1 aromatic rings. The van der Waals surface area contributed by atoms with Crippen LogP contribution in [0.4, 0.5) is 17.6 Å². The van der Waals surface area contributed by atoms with E-state index in [1.54, 1.807) is 27.7 Å². The number of carbonyl (C=O) groups is 1. The lowest BCUT2D eigenvalue weighted by Gasteiger charge is -2.32. The van der Waals surface area contributed by atoms with Crippen molar-refractivity contribution >= 4 is 18.5 Å². The minimum atomic E-state index is -3.02. The maximum absolute atomic E-state index is 14.6. The second-order valence-corrected chi connectivity index (χ2v) is 8.10. The first-order valence-electron chi connectivity index (χ1n) is 8.85. The molecule has 0 aliphatic carbocycles. The number of hydrogen-bond donors (Lipinski definition) is 0. The molecule has 3 rings (SSSR count). The van der Waals surface area contributed by atoms with Gasteiger partial charge in [-0.1, -0.05) is 6.07 Å². The second-order valence-electron chi connectivity index (χ2n) is 8.10.